The molecule has 0 aromatic heterocycles. The van der Waals surface area contributed by atoms with Gasteiger partial charge in [-0.05, 0) is 37.5 Å². The van der Waals surface area contributed by atoms with Gasteiger partial charge in [-0.3, -0.25) is 0 Å². The first-order chi connectivity index (χ1) is 8.30. The van der Waals surface area contributed by atoms with Crippen molar-refractivity contribution in [2.75, 3.05) is 0 Å². The van der Waals surface area contributed by atoms with Gasteiger partial charge in [-0.25, -0.2) is 0 Å². The minimum Gasteiger partial charge on any atom is -0.489 e. The van der Waals surface area contributed by atoms with E-state index in [2.05, 4.69) is 32.1 Å². The lowest BCUT2D eigenvalue weighted by molar-refractivity contribution is 0.210. The molecule has 0 fully saturated rings. The maximum Gasteiger partial charge on any atom is 0.115 e. The van der Waals surface area contributed by atoms with E-state index in [0.29, 0.717) is 6.61 Å². The van der Waals surface area contributed by atoms with E-state index in [1.54, 1.807) is 0 Å². The van der Waals surface area contributed by atoms with Crippen LogP contribution in [0.1, 0.15) is 39.2 Å². The third-order valence-corrected chi connectivity index (χ3v) is 2.79. The van der Waals surface area contributed by atoms with Gasteiger partial charge in [0.25, 0.3) is 0 Å². The number of hydrogen-bond donors (Lipinski definition) is 0. The molecule has 17 heavy (non-hydrogen) atoms. The van der Waals surface area contributed by atoms with Crippen LogP contribution in [0, 0.1) is 0 Å². The fraction of sp³-hybridized carbons (Fsp3) is 0.375. The van der Waals surface area contributed by atoms with E-state index in [1.165, 1.54) is 11.1 Å². The largest absolute Gasteiger partial charge is 0.489 e. The third-order valence-electron chi connectivity index (χ3n) is 2.79. The van der Waals surface area contributed by atoms with Gasteiger partial charge < -0.3 is 4.74 Å². The van der Waals surface area contributed by atoms with Crippen LogP contribution in [0.4, 0.5) is 0 Å². The monoisotopic (exact) mass is 230 g/mol. The molecular weight excluding hydrogens is 208 g/mol. The second-order valence-corrected chi connectivity index (χ2v) is 3.98. The average molecular weight is 230 g/mol. The number of benzene rings is 1. The molecule has 1 aromatic carbocycles. The van der Waals surface area contributed by atoms with E-state index >= 15 is 0 Å². The Balaban J connectivity index is 2.57. The average Bonchev–Trinajstić information content (AvgIpc) is 2.40. The Morgan fingerprint density at radius 2 is 1.76 bits per heavy atom. The highest BCUT2D eigenvalue weighted by molar-refractivity contribution is 5.19. The van der Waals surface area contributed by atoms with E-state index in [0.717, 1.165) is 18.6 Å². The summed E-state index contributed by atoms with van der Waals surface area (Å²) in [5.41, 5.74) is 2.63. The van der Waals surface area contributed by atoms with Crippen molar-refractivity contribution in [1.82, 2.24) is 0 Å². The second-order valence-electron chi connectivity index (χ2n) is 3.98. The van der Waals surface area contributed by atoms with Gasteiger partial charge in [-0.1, -0.05) is 49.8 Å². The van der Waals surface area contributed by atoms with Crippen LogP contribution in [0.2, 0.25) is 0 Å². The molecule has 1 aromatic rings. The van der Waals surface area contributed by atoms with Gasteiger partial charge in [0.05, 0.1) is 0 Å². The molecule has 0 aliphatic carbocycles. The van der Waals surface area contributed by atoms with Gasteiger partial charge >= 0.3 is 0 Å². The topological polar surface area (TPSA) is 9.23 Å². The molecule has 0 bridgehead atoms. The van der Waals surface area contributed by atoms with Crippen LogP contribution in [0.5, 0.6) is 0 Å². The van der Waals surface area contributed by atoms with Gasteiger partial charge in [0.1, 0.15) is 12.4 Å². The van der Waals surface area contributed by atoms with E-state index in [-0.39, 0.29) is 0 Å². The molecule has 1 rings (SSSR count). The minimum absolute atomic E-state index is 0.637. The molecule has 0 aliphatic heterocycles. The summed E-state index contributed by atoms with van der Waals surface area (Å²) < 4.78 is 5.80. The van der Waals surface area contributed by atoms with Gasteiger partial charge in [0, 0.05) is 0 Å². The molecular formula is C16H22O. The number of allylic oxidation sites excluding steroid dienone is 3. The Hall–Kier alpha value is -1.50. The van der Waals surface area contributed by atoms with Crippen LogP contribution >= 0.6 is 0 Å². The predicted molar refractivity (Wildman–Crippen MR) is 73.7 cm³/mol. The summed E-state index contributed by atoms with van der Waals surface area (Å²) in [6.07, 6.45) is 6.35. The highest BCUT2D eigenvalue weighted by Crippen LogP contribution is 2.13. The maximum absolute atomic E-state index is 5.80. The van der Waals surface area contributed by atoms with Crippen molar-refractivity contribution >= 4 is 0 Å². The lowest BCUT2D eigenvalue weighted by Crippen LogP contribution is -1.92. The van der Waals surface area contributed by atoms with E-state index in [4.69, 9.17) is 4.74 Å². The third kappa shape index (κ3) is 4.90. The van der Waals surface area contributed by atoms with E-state index in [1.807, 2.05) is 31.2 Å². The van der Waals surface area contributed by atoms with Gasteiger partial charge in [0.15, 0.2) is 0 Å². The quantitative estimate of drug-likeness (QED) is 0.501. The second kappa shape index (κ2) is 7.72. The Bertz CT molecular complexity index is 368. The molecule has 0 saturated heterocycles. The first-order valence-corrected chi connectivity index (χ1v) is 6.32. The van der Waals surface area contributed by atoms with Crippen LogP contribution in [-0.4, -0.2) is 0 Å². The molecule has 0 atom stereocenters. The normalized spacial score (nSPS) is 11.1. The molecule has 0 radical (unpaired) electrons. The van der Waals surface area contributed by atoms with E-state index < -0.39 is 0 Å². The zero-order chi connectivity index (χ0) is 12.5. The first kappa shape index (κ1) is 13.6. The summed E-state index contributed by atoms with van der Waals surface area (Å²) in [4.78, 5) is 0. The molecule has 0 heterocycles. The number of ether oxygens (including phenoxy) is 1. The SMILES string of the molecule is C/C=C(\C=C(CC)CC)OCc1ccccc1. The molecule has 92 valence electrons. The van der Waals surface area contributed by atoms with Crippen molar-refractivity contribution in [2.24, 2.45) is 0 Å². The summed E-state index contributed by atoms with van der Waals surface area (Å²) in [5, 5.41) is 0. The van der Waals surface area contributed by atoms with Gasteiger partial charge in [-0.2, -0.15) is 0 Å². The molecule has 0 amide bonds. The Morgan fingerprint density at radius 3 is 2.29 bits per heavy atom. The Morgan fingerprint density at radius 1 is 1.12 bits per heavy atom. The molecule has 1 heteroatoms. The van der Waals surface area contributed by atoms with Crippen molar-refractivity contribution in [3.05, 3.63) is 59.4 Å². The number of rotatable bonds is 6. The Labute approximate surface area is 105 Å². The summed E-state index contributed by atoms with van der Waals surface area (Å²) in [6, 6.07) is 10.3. The van der Waals surface area contributed by atoms with Crippen molar-refractivity contribution in [3.8, 4) is 0 Å². The number of hydrogen-bond acceptors (Lipinski definition) is 1. The van der Waals surface area contributed by atoms with Gasteiger partial charge in [-0.15, -0.1) is 0 Å². The van der Waals surface area contributed by atoms with Crippen molar-refractivity contribution < 1.29 is 4.74 Å². The van der Waals surface area contributed by atoms with Crippen LogP contribution < -0.4 is 0 Å². The molecule has 0 unspecified atom stereocenters. The molecule has 0 aliphatic rings. The summed E-state index contributed by atoms with van der Waals surface area (Å²) in [5.74, 6) is 0.965. The zero-order valence-electron chi connectivity index (χ0n) is 11.1. The zero-order valence-corrected chi connectivity index (χ0v) is 11.1. The molecule has 1 nitrogen and oxygen atoms in total. The smallest absolute Gasteiger partial charge is 0.115 e. The maximum atomic E-state index is 5.80. The highest BCUT2D eigenvalue weighted by atomic mass is 16.5. The first-order valence-electron chi connectivity index (χ1n) is 6.32. The highest BCUT2D eigenvalue weighted by Gasteiger charge is 1.97. The lowest BCUT2D eigenvalue weighted by atomic mass is 10.1. The van der Waals surface area contributed by atoms with Crippen molar-refractivity contribution in [1.29, 1.82) is 0 Å². The van der Waals surface area contributed by atoms with Crippen LogP contribution in [-0.2, 0) is 11.3 Å². The standard InChI is InChI=1S/C16H22O/c1-4-14(5-2)12-16(6-3)17-13-15-10-8-7-9-11-15/h6-12H,4-5,13H2,1-3H3/b16-6+. The van der Waals surface area contributed by atoms with Crippen LogP contribution in [0.3, 0.4) is 0 Å². The molecule has 0 N–H and O–H groups in total. The summed E-state index contributed by atoms with van der Waals surface area (Å²) >= 11 is 0. The van der Waals surface area contributed by atoms with Crippen LogP contribution in [0.25, 0.3) is 0 Å². The fourth-order valence-electron chi connectivity index (χ4n) is 1.60. The summed E-state index contributed by atoms with van der Waals surface area (Å²) in [6.45, 7) is 7.01. The molecule has 0 spiro atoms. The van der Waals surface area contributed by atoms with Crippen LogP contribution in [0.15, 0.2) is 53.8 Å². The molecule has 0 saturated carbocycles. The minimum atomic E-state index is 0.637. The van der Waals surface area contributed by atoms with Crippen molar-refractivity contribution in [3.63, 3.8) is 0 Å². The summed E-state index contributed by atoms with van der Waals surface area (Å²) in [7, 11) is 0. The van der Waals surface area contributed by atoms with Gasteiger partial charge in [0.2, 0.25) is 0 Å². The fourth-order valence-corrected chi connectivity index (χ4v) is 1.60. The Kier molecular flexibility index (Phi) is 6.16. The van der Waals surface area contributed by atoms with Crippen molar-refractivity contribution in [2.45, 2.75) is 40.2 Å². The lowest BCUT2D eigenvalue weighted by Gasteiger charge is -2.08. The predicted octanol–water partition coefficient (Wildman–Crippen LogP) is 4.85. The van der Waals surface area contributed by atoms with E-state index in [9.17, 15) is 0 Å².